The molecule has 2 heterocycles. The summed E-state index contributed by atoms with van der Waals surface area (Å²) in [6.45, 7) is 1.90. The third-order valence-electron chi connectivity index (χ3n) is 3.33. The van der Waals surface area contributed by atoms with Crippen molar-refractivity contribution in [3.63, 3.8) is 0 Å². The molecule has 0 spiro atoms. The number of nitrogens with zero attached hydrogens (tertiary/aromatic N) is 2. The molecule has 1 aliphatic heterocycles. The monoisotopic (exact) mass is 287 g/mol. The maximum Gasteiger partial charge on any atom is 0.272 e. The van der Waals surface area contributed by atoms with Gasteiger partial charge in [-0.25, -0.2) is 4.68 Å². The minimum absolute atomic E-state index is 0.205. The van der Waals surface area contributed by atoms with Crippen molar-refractivity contribution in [2.45, 2.75) is 19.5 Å². The molecule has 1 aromatic heterocycles. The smallest absolute Gasteiger partial charge is 0.272 e. The van der Waals surface area contributed by atoms with Crippen LogP contribution in [-0.2, 0) is 13.1 Å². The van der Waals surface area contributed by atoms with Gasteiger partial charge in [-0.05, 0) is 17.7 Å². The predicted molar refractivity (Wildman–Crippen MR) is 76.5 cm³/mol. The molecule has 0 saturated heterocycles. The van der Waals surface area contributed by atoms with Gasteiger partial charge in [0.25, 0.3) is 5.91 Å². The van der Waals surface area contributed by atoms with Crippen molar-refractivity contribution in [3.05, 3.63) is 41.6 Å². The molecule has 0 aliphatic carbocycles. The Balaban J connectivity index is 1.64. The first-order chi connectivity index (χ1) is 10.3. The molecule has 0 fully saturated rings. The van der Waals surface area contributed by atoms with E-state index in [1.807, 2.05) is 24.3 Å². The maximum absolute atomic E-state index is 12.1. The molecule has 0 unspecified atom stereocenters. The van der Waals surface area contributed by atoms with E-state index >= 15 is 0 Å². The lowest BCUT2D eigenvalue weighted by molar-refractivity contribution is 0.0945. The van der Waals surface area contributed by atoms with Crippen LogP contribution < -0.4 is 14.8 Å². The van der Waals surface area contributed by atoms with E-state index in [0.29, 0.717) is 24.7 Å². The van der Waals surface area contributed by atoms with Crippen molar-refractivity contribution >= 4 is 5.91 Å². The van der Waals surface area contributed by atoms with Crippen LogP contribution in [0.4, 0.5) is 0 Å². The zero-order chi connectivity index (χ0) is 14.7. The third kappa shape index (κ3) is 2.99. The molecule has 3 rings (SSSR count). The first-order valence-corrected chi connectivity index (χ1v) is 6.88. The molecule has 6 nitrogen and oxygen atoms in total. The fourth-order valence-electron chi connectivity index (χ4n) is 2.23. The number of methoxy groups -OCH3 is 1. The van der Waals surface area contributed by atoms with E-state index in [2.05, 4.69) is 10.4 Å². The largest absolute Gasteiger partial charge is 0.497 e. The number of benzene rings is 1. The molecule has 1 N–H and O–H groups in total. The van der Waals surface area contributed by atoms with Gasteiger partial charge in [-0.15, -0.1) is 0 Å². The predicted octanol–water partition coefficient (Wildman–Crippen LogP) is 1.60. The number of aryl methyl sites for hydroxylation is 1. The van der Waals surface area contributed by atoms with Crippen LogP contribution in [0.2, 0.25) is 0 Å². The molecule has 2 aromatic rings. The number of hydrogen-bond donors (Lipinski definition) is 1. The van der Waals surface area contributed by atoms with E-state index in [4.69, 9.17) is 9.47 Å². The molecule has 0 radical (unpaired) electrons. The number of rotatable bonds is 4. The van der Waals surface area contributed by atoms with Gasteiger partial charge < -0.3 is 14.8 Å². The third-order valence-corrected chi connectivity index (χ3v) is 3.33. The lowest BCUT2D eigenvalue weighted by atomic mass is 10.2. The SMILES string of the molecule is COc1cccc(CNC(=O)c2cc3n(n2)CCCO3)c1. The zero-order valence-electron chi connectivity index (χ0n) is 11.8. The molecule has 110 valence electrons. The summed E-state index contributed by atoms with van der Waals surface area (Å²) >= 11 is 0. The number of ether oxygens (including phenoxy) is 2. The van der Waals surface area contributed by atoms with E-state index in [0.717, 1.165) is 24.3 Å². The van der Waals surface area contributed by atoms with Crippen LogP contribution >= 0.6 is 0 Å². The summed E-state index contributed by atoms with van der Waals surface area (Å²) in [5.74, 6) is 1.23. The Morgan fingerprint density at radius 1 is 1.48 bits per heavy atom. The highest BCUT2D eigenvalue weighted by molar-refractivity contribution is 5.92. The summed E-state index contributed by atoms with van der Waals surface area (Å²) in [5, 5.41) is 7.10. The highest BCUT2D eigenvalue weighted by Gasteiger charge is 2.17. The summed E-state index contributed by atoms with van der Waals surface area (Å²) in [6.07, 6.45) is 0.916. The van der Waals surface area contributed by atoms with Crippen LogP contribution in [0.15, 0.2) is 30.3 Å². The normalized spacial score (nSPS) is 13.2. The second-order valence-electron chi connectivity index (χ2n) is 4.83. The molecule has 0 bridgehead atoms. The Bertz CT molecular complexity index is 628. The minimum Gasteiger partial charge on any atom is -0.497 e. The first-order valence-electron chi connectivity index (χ1n) is 6.88. The summed E-state index contributed by atoms with van der Waals surface area (Å²) in [5.41, 5.74) is 1.36. The average Bonchev–Trinajstić information content (AvgIpc) is 2.97. The van der Waals surface area contributed by atoms with Crippen LogP contribution in [0.5, 0.6) is 11.6 Å². The number of nitrogens with one attached hydrogen (secondary N) is 1. The van der Waals surface area contributed by atoms with Gasteiger partial charge in [-0.2, -0.15) is 5.10 Å². The number of amides is 1. The number of carbonyl (C=O) groups is 1. The van der Waals surface area contributed by atoms with Crippen LogP contribution in [0.25, 0.3) is 0 Å². The van der Waals surface area contributed by atoms with Crippen molar-refractivity contribution in [1.29, 1.82) is 0 Å². The van der Waals surface area contributed by atoms with Gasteiger partial charge in [0.1, 0.15) is 5.75 Å². The maximum atomic E-state index is 12.1. The Labute approximate surface area is 122 Å². The zero-order valence-corrected chi connectivity index (χ0v) is 11.8. The van der Waals surface area contributed by atoms with Gasteiger partial charge in [0.2, 0.25) is 5.88 Å². The molecule has 21 heavy (non-hydrogen) atoms. The van der Waals surface area contributed by atoms with Crippen LogP contribution in [0.1, 0.15) is 22.5 Å². The fourth-order valence-corrected chi connectivity index (χ4v) is 2.23. The van der Waals surface area contributed by atoms with Crippen LogP contribution in [-0.4, -0.2) is 29.4 Å². The summed E-state index contributed by atoms with van der Waals surface area (Å²) in [7, 11) is 1.62. The fraction of sp³-hybridized carbons (Fsp3) is 0.333. The number of hydrogen-bond acceptors (Lipinski definition) is 4. The second-order valence-corrected chi connectivity index (χ2v) is 4.83. The van der Waals surface area contributed by atoms with Gasteiger partial charge >= 0.3 is 0 Å². The van der Waals surface area contributed by atoms with Crippen LogP contribution in [0, 0.1) is 0 Å². The molecular formula is C15H17N3O3. The highest BCUT2D eigenvalue weighted by atomic mass is 16.5. The van der Waals surface area contributed by atoms with Crippen molar-refractivity contribution < 1.29 is 14.3 Å². The molecule has 1 aromatic carbocycles. The average molecular weight is 287 g/mol. The summed E-state index contributed by atoms with van der Waals surface area (Å²) < 4.78 is 12.3. The number of carbonyl (C=O) groups excluding carboxylic acids is 1. The number of aromatic nitrogens is 2. The number of fused-ring (bicyclic) bond motifs is 1. The second kappa shape index (κ2) is 5.87. The van der Waals surface area contributed by atoms with E-state index < -0.39 is 0 Å². The Hall–Kier alpha value is -2.50. The van der Waals surface area contributed by atoms with E-state index in [1.165, 1.54) is 0 Å². The molecule has 6 heteroatoms. The van der Waals surface area contributed by atoms with Gasteiger partial charge in [0.15, 0.2) is 5.69 Å². The summed E-state index contributed by atoms with van der Waals surface area (Å²) in [4.78, 5) is 12.1. The molecule has 0 saturated carbocycles. The lowest BCUT2D eigenvalue weighted by Crippen LogP contribution is -2.23. The topological polar surface area (TPSA) is 65.4 Å². The van der Waals surface area contributed by atoms with E-state index in [-0.39, 0.29) is 5.91 Å². The van der Waals surface area contributed by atoms with Gasteiger partial charge in [-0.1, -0.05) is 12.1 Å². The van der Waals surface area contributed by atoms with Gasteiger partial charge in [-0.3, -0.25) is 4.79 Å². The first kappa shape index (κ1) is 13.5. The van der Waals surface area contributed by atoms with E-state index in [9.17, 15) is 4.79 Å². The molecule has 1 amide bonds. The van der Waals surface area contributed by atoms with Crippen molar-refractivity contribution in [1.82, 2.24) is 15.1 Å². The molecule has 0 atom stereocenters. The van der Waals surface area contributed by atoms with Crippen LogP contribution in [0.3, 0.4) is 0 Å². The minimum atomic E-state index is -0.205. The Morgan fingerprint density at radius 2 is 2.38 bits per heavy atom. The Kier molecular flexibility index (Phi) is 3.77. The lowest BCUT2D eigenvalue weighted by Gasteiger charge is -2.13. The van der Waals surface area contributed by atoms with Crippen molar-refractivity contribution in [2.24, 2.45) is 0 Å². The van der Waals surface area contributed by atoms with Gasteiger partial charge in [0, 0.05) is 25.6 Å². The Morgan fingerprint density at radius 3 is 3.19 bits per heavy atom. The van der Waals surface area contributed by atoms with Crippen molar-refractivity contribution in [2.75, 3.05) is 13.7 Å². The van der Waals surface area contributed by atoms with Gasteiger partial charge in [0.05, 0.1) is 13.7 Å². The molecular weight excluding hydrogens is 270 g/mol. The van der Waals surface area contributed by atoms with E-state index in [1.54, 1.807) is 17.9 Å². The van der Waals surface area contributed by atoms with Crippen molar-refractivity contribution in [3.8, 4) is 11.6 Å². The highest BCUT2D eigenvalue weighted by Crippen LogP contribution is 2.18. The molecule has 1 aliphatic rings. The quantitative estimate of drug-likeness (QED) is 0.927. The summed E-state index contributed by atoms with van der Waals surface area (Å²) in [6, 6.07) is 9.27. The standard InChI is InChI=1S/C15H17N3O3/c1-20-12-5-2-4-11(8-12)10-16-15(19)13-9-14-18(17-13)6-3-7-21-14/h2,4-5,8-9H,3,6-7,10H2,1H3,(H,16,19).